The van der Waals surface area contributed by atoms with Crippen LogP contribution in [-0.4, -0.2) is 27.4 Å². The number of allylic oxidation sites excluding steroid dienone is 1. The Morgan fingerprint density at radius 1 is 1.25 bits per heavy atom. The van der Waals surface area contributed by atoms with Gasteiger partial charge in [-0.1, -0.05) is 30.3 Å². The van der Waals surface area contributed by atoms with Crippen molar-refractivity contribution in [2.45, 2.75) is 19.9 Å². The zero-order valence-corrected chi connectivity index (χ0v) is 18.8. The van der Waals surface area contributed by atoms with E-state index >= 15 is 0 Å². The van der Waals surface area contributed by atoms with Crippen LogP contribution in [0.4, 0.5) is 10.1 Å². The summed E-state index contributed by atoms with van der Waals surface area (Å²) >= 11 is 6.34. The van der Waals surface area contributed by atoms with E-state index in [2.05, 4.69) is 17.0 Å². The molecule has 2 aromatic carbocycles. The first-order valence-corrected chi connectivity index (χ1v) is 10.4. The van der Waals surface area contributed by atoms with Crippen molar-refractivity contribution in [1.29, 1.82) is 0 Å². The monoisotopic (exact) mass is 451 g/mol. The molecule has 6 nitrogen and oxygen atoms in total. The fourth-order valence-electron chi connectivity index (χ4n) is 3.53. The molecule has 8 heteroatoms. The maximum atomic E-state index is 13.7. The summed E-state index contributed by atoms with van der Waals surface area (Å²) in [7, 11) is 1.61. The second kappa shape index (κ2) is 8.88. The van der Waals surface area contributed by atoms with E-state index in [0.29, 0.717) is 28.0 Å². The van der Waals surface area contributed by atoms with Crippen LogP contribution in [0.3, 0.4) is 0 Å². The summed E-state index contributed by atoms with van der Waals surface area (Å²) in [5.74, 6) is 0.358. The van der Waals surface area contributed by atoms with Crippen LogP contribution in [0.5, 0.6) is 5.75 Å². The van der Waals surface area contributed by atoms with E-state index in [0.717, 1.165) is 16.9 Å². The third kappa shape index (κ3) is 4.38. The van der Waals surface area contributed by atoms with Gasteiger partial charge in [0.1, 0.15) is 16.7 Å². The molecule has 1 aromatic heterocycles. The van der Waals surface area contributed by atoms with Gasteiger partial charge >= 0.3 is 0 Å². The molecule has 0 radical (unpaired) electrons. The highest BCUT2D eigenvalue weighted by Crippen LogP contribution is 2.31. The van der Waals surface area contributed by atoms with Gasteiger partial charge in [0.25, 0.3) is 0 Å². The maximum Gasteiger partial charge on any atom is 0.145 e. The number of benzene rings is 2. The predicted molar refractivity (Wildman–Crippen MR) is 125 cm³/mol. The molecule has 1 N–H and O–H groups in total. The molecule has 0 saturated carbocycles. The van der Waals surface area contributed by atoms with Crippen molar-refractivity contribution in [1.82, 2.24) is 20.0 Å². The van der Waals surface area contributed by atoms with Crippen molar-refractivity contribution < 1.29 is 9.13 Å². The molecule has 0 unspecified atom stereocenters. The summed E-state index contributed by atoms with van der Waals surface area (Å²) in [6, 6.07) is 11.9. The predicted octanol–water partition coefficient (Wildman–Crippen LogP) is 5.58. The second-order valence-electron chi connectivity index (χ2n) is 7.43. The van der Waals surface area contributed by atoms with Crippen molar-refractivity contribution in [3.63, 3.8) is 0 Å². The van der Waals surface area contributed by atoms with Gasteiger partial charge in [0, 0.05) is 18.3 Å². The van der Waals surface area contributed by atoms with Gasteiger partial charge in [0.2, 0.25) is 0 Å². The number of nitrogens with one attached hydrogen (secondary N) is 1. The van der Waals surface area contributed by atoms with E-state index in [-0.39, 0.29) is 11.9 Å². The molecule has 1 aliphatic heterocycles. The van der Waals surface area contributed by atoms with Crippen molar-refractivity contribution in [2.75, 3.05) is 7.11 Å². The van der Waals surface area contributed by atoms with Crippen LogP contribution in [0.1, 0.15) is 24.2 Å². The quantitative estimate of drug-likeness (QED) is 0.515. The molecule has 2 heterocycles. The van der Waals surface area contributed by atoms with Crippen molar-refractivity contribution in [3.05, 3.63) is 95.6 Å². The Balaban J connectivity index is 1.66. The van der Waals surface area contributed by atoms with E-state index in [4.69, 9.17) is 21.3 Å². The normalized spacial score (nSPS) is 16.0. The molecule has 1 aliphatic rings. The first kappa shape index (κ1) is 21.6. The number of aliphatic imine (C=N–C) groups is 1. The number of methoxy groups -OCH3 is 1. The lowest BCUT2D eigenvalue weighted by Gasteiger charge is -2.36. The molecule has 1 atom stereocenters. The molecule has 0 fully saturated rings. The Bertz CT molecular complexity index is 1230. The summed E-state index contributed by atoms with van der Waals surface area (Å²) in [6.45, 7) is 8.04. The summed E-state index contributed by atoms with van der Waals surface area (Å²) in [5.41, 5.74) is 7.51. The molecule has 3 aromatic rings. The number of hydrazine groups is 1. The van der Waals surface area contributed by atoms with Gasteiger partial charge in [-0.2, -0.15) is 0 Å². The molecule has 0 aliphatic carbocycles. The fourth-order valence-corrected chi connectivity index (χ4v) is 3.72. The number of ether oxygens (including phenoxy) is 1. The lowest BCUT2D eigenvalue weighted by atomic mass is 10.1. The maximum absolute atomic E-state index is 13.7. The van der Waals surface area contributed by atoms with Crippen LogP contribution in [0, 0.1) is 12.7 Å². The Morgan fingerprint density at radius 2 is 2.06 bits per heavy atom. The van der Waals surface area contributed by atoms with Crippen LogP contribution in [-0.2, 0) is 0 Å². The largest absolute Gasteiger partial charge is 0.494 e. The zero-order chi connectivity index (χ0) is 22.8. The van der Waals surface area contributed by atoms with Gasteiger partial charge in [0.05, 0.1) is 48.0 Å². The number of halogens is 2. The number of hydrogen-bond acceptors (Lipinski definition) is 5. The number of rotatable bonds is 5. The number of aryl methyl sites for hydroxylation is 1. The van der Waals surface area contributed by atoms with E-state index in [1.54, 1.807) is 30.6 Å². The van der Waals surface area contributed by atoms with Crippen LogP contribution >= 0.6 is 11.6 Å². The highest BCUT2D eigenvalue weighted by atomic mass is 35.5. The van der Waals surface area contributed by atoms with Crippen molar-refractivity contribution >= 4 is 23.0 Å². The molecule has 32 heavy (non-hydrogen) atoms. The van der Waals surface area contributed by atoms with Crippen molar-refractivity contribution in [3.8, 4) is 11.4 Å². The van der Waals surface area contributed by atoms with Gasteiger partial charge in [-0.15, -0.1) is 0 Å². The van der Waals surface area contributed by atoms with Gasteiger partial charge in [0.15, 0.2) is 0 Å². The molecule has 164 valence electrons. The third-order valence-electron chi connectivity index (χ3n) is 5.20. The minimum atomic E-state index is -0.298. The van der Waals surface area contributed by atoms with E-state index < -0.39 is 0 Å². The molecule has 0 bridgehead atoms. The van der Waals surface area contributed by atoms with Gasteiger partial charge in [-0.05, 0) is 43.7 Å². The summed E-state index contributed by atoms with van der Waals surface area (Å²) < 4.78 is 21.2. The van der Waals surface area contributed by atoms with Gasteiger partial charge in [-0.25, -0.2) is 14.4 Å². The number of imidazole rings is 1. The third-order valence-corrected chi connectivity index (χ3v) is 5.39. The van der Waals surface area contributed by atoms with Crippen LogP contribution in [0.25, 0.3) is 5.69 Å². The molecule has 0 saturated heterocycles. The summed E-state index contributed by atoms with van der Waals surface area (Å²) in [5, 5.41) is 2.16. The lowest BCUT2D eigenvalue weighted by molar-refractivity contribution is 0.226. The first-order valence-electron chi connectivity index (χ1n) is 10.0. The molecular weight excluding hydrogens is 429 g/mol. The topological polar surface area (TPSA) is 54.7 Å². The Labute approximate surface area is 191 Å². The Morgan fingerprint density at radius 3 is 2.75 bits per heavy atom. The van der Waals surface area contributed by atoms with E-state index in [9.17, 15) is 4.39 Å². The summed E-state index contributed by atoms with van der Waals surface area (Å²) in [4.78, 5) is 9.01. The minimum Gasteiger partial charge on any atom is -0.494 e. The molecule has 4 rings (SSSR count). The highest BCUT2D eigenvalue weighted by molar-refractivity contribution is 6.32. The number of aromatic nitrogens is 2. The Kier molecular flexibility index (Phi) is 6.01. The standard InChI is InChI=1S/C24H23ClFN5O/c1-15-13-30(14-27-15)22-9-8-20(11-23(22)32-4)28-21-12-24(25)29-31(17(21)3)16(2)18-6-5-7-19(26)10-18/h5-14,16,29H,3H2,1-2,4H3/t16-/m0/s1. The average Bonchev–Trinajstić information content (AvgIpc) is 3.21. The summed E-state index contributed by atoms with van der Waals surface area (Å²) in [6.07, 6.45) is 5.37. The Hall–Kier alpha value is -3.58. The molecule has 0 spiro atoms. The second-order valence-corrected chi connectivity index (χ2v) is 7.83. The van der Waals surface area contributed by atoms with Gasteiger partial charge < -0.3 is 9.30 Å². The molecule has 0 amide bonds. The van der Waals surface area contributed by atoms with E-state index in [1.165, 1.54) is 12.1 Å². The highest BCUT2D eigenvalue weighted by Gasteiger charge is 2.25. The SMILES string of the molecule is C=C1C(=Nc2ccc(-n3cnc(C)c3)c(OC)c2)C=C(Cl)NN1[C@@H](C)c1cccc(F)c1. The average molecular weight is 452 g/mol. The number of nitrogens with zero attached hydrogens (tertiary/aromatic N) is 4. The van der Waals surface area contributed by atoms with E-state index in [1.807, 2.05) is 48.9 Å². The zero-order valence-electron chi connectivity index (χ0n) is 18.0. The molecular formula is C24H23ClFN5O. The van der Waals surface area contributed by atoms with Crippen LogP contribution in [0.2, 0.25) is 0 Å². The number of hydrogen-bond donors (Lipinski definition) is 1. The van der Waals surface area contributed by atoms with Crippen molar-refractivity contribution in [2.24, 2.45) is 4.99 Å². The van der Waals surface area contributed by atoms with Gasteiger partial charge in [-0.3, -0.25) is 10.4 Å². The fraction of sp³-hybridized carbons (Fsp3) is 0.167. The van der Waals surface area contributed by atoms with Crippen LogP contribution in [0.15, 0.2) is 83.5 Å². The first-order chi connectivity index (χ1) is 15.4. The smallest absolute Gasteiger partial charge is 0.145 e. The minimum absolute atomic E-state index is 0.229. The van der Waals surface area contributed by atoms with Crippen LogP contribution < -0.4 is 10.2 Å². The lowest BCUT2D eigenvalue weighted by Crippen LogP contribution is -2.42.